The van der Waals surface area contributed by atoms with Crippen molar-refractivity contribution in [3.8, 4) is 0 Å². The van der Waals surface area contributed by atoms with E-state index in [0.29, 0.717) is 24.2 Å². The number of nitrogens with one attached hydrogen (secondary N) is 1. The third-order valence-electron chi connectivity index (χ3n) is 3.80. The number of hydrogen-bond acceptors (Lipinski definition) is 3. The average molecular weight is 289 g/mol. The highest BCUT2D eigenvalue weighted by Gasteiger charge is 2.18. The first-order valence-electron chi connectivity index (χ1n) is 7.49. The summed E-state index contributed by atoms with van der Waals surface area (Å²) < 4.78 is 0. The van der Waals surface area contributed by atoms with Crippen molar-refractivity contribution in [1.82, 2.24) is 15.1 Å². The van der Waals surface area contributed by atoms with E-state index in [4.69, 9.17) is 0 Å². The van der Waals surface area contributed by atoms with Gasteiger partial charge in [-0.2, -0.15) is 0 Å². The van der Waals surface area contributed by atoms with Crippen LogP contribution in [0.25, 0.3) is 0 Å². The van der Waals surface area contributed by atoms with Crippen LogP contribution < -0.4 is 5.32 Å². The van der Waals surface area contributed by atoms with E-state index in [2.05, 4.69) is 5.32 Å². The second kappa shape index (κ2) is 7.22. The van der Waals surface area contributed by atoms with Crippen LogP contribution in [0, 0.1) is 0 Å². The van der Waals surface area contributed by atoms with Gasteiger partial charge in [0.05, 0.1) is 0 Å². The highest BCUT2D eigenvalue weighted by Crippen LogP contribution is 2.11. The summed E-state index contributed by atoms with van der Waals surface area (Å²) in [6.07, 6.45) is 0.961. The van der Waals surface area contributed by atoms with Crippen molar-refractivity contribution in [2.45, 2.75) is 13.3 Å². The molecule has 5 heteroatoms. The number of hydrogen-bond donors (Lipinski definition) is 1. The Balaban J connectivity index is 2.16. The van der Waals surface area contributed by atoms with Gasteiger partial charge in [0.15, 0.2) is 0 Å². The molecule has 1 aromatic carbocycles. The Hall–Kier alpha value is -1.88. The van der Waals surface area contributed by atoms with Crippen molar-refractivity contribution in [2.75, 3.05) is 39.8 Å². The van der Waals surface area contributed by atoms with Crippen LogP contribution in [0.5, 0.6) is 0 Å². The van der Waals surface area contributed by atoms with Crippen molar-refractivity contribution in [3.63, 3.8) is 0 Å². The third-order valence-corrected chi connectivity index (χ3v) is 3.80. The molecule has 1 N–H and O–H groups in total. The molecule has 114 valence electrons. The summed E-state index contributed by atoms with van der Waals surface area (Å²) in [5.74, 6) is -0.0443. The van der Waals surface area contributed by atoms with E-state index in [9.17, 15) is 9.59 Å². The molecule has 0 radical (unpaired) electrons. The van der Waals surface area contributed by atoms with E-state index >= 15 is 0 Å². The smallest absolute Gasteiger partial charge is 0.253 e. The van der Waals surface area contributed by atoms with Crippen molar-refractivity contribution < 1.29 is 9.59 Å². The average Bonchev–Trinajstić information content (AvgIpc) is 2.82. The van der Waals surface area contributed by atoms with Crippen LogP contribution in [0.2, 0.25) is 0 Å². The summed E-state index contributed by atoms with van der Waals surface area (Å²) in [5, 5.41) is 3.28. The minimum absolute atomic E-state index is 0.00695. The second-order valence-corrected chi connectivity index (χ2v) is 5.30. The lowest BCUT2D eigenvalue weighted by atomic mass is 10.1. The van der Waals surface area contributed by atoms with Gasteiger partial charge in [-0.25, -0.2) is 0 Å². The molecule has 5 nitrogen and oxygen atoms in total. The van der Waals surface area contributed by atoms with Crippen LogP contribution in [0.1, 0.15) is 34.1 Å². The molecule has 1 aromatic rings. The van der Waals surface area contributed by atoms with Gasteiger partial charge in [-0.3, -0.25) is 9.59 Å². The zero-order valence-electron chi connectivity index (χ0n) is 12.8. The van der Waals surface area contributed by atoms with Crippen LogP contribution in [-0.4, -0.2) is 61.4 Å². The molecule has 0 saturated carbocycles. The van der Waals surface area contributed by atoms with E-state index < -0.39 is 0 Å². The normalized spacial score (nSPS) is 15.4. The first-order valence-corrected chi connectivity index (χ1v) is 7.49. The second-order valence-electron chi connectivity index (χ2n) is 5.30. The SMILES string of the molecule is CCN(C)C(=O)c1cccc(C(=O)N2CCCNCC2)c1. The molecule has 0 aromatic heterocycles. The Morgan fingerprint density at radius 1 is 1.24 bits per heavy atom. The Bertz CT molecular complexity index is 508. The molecular weight excluding hydrogens is 266 g/mol. The number of nitrogens with zero attached hydrogens (tertiary/aromatic N) is 2. The number of benzene rings is 1. The van der Waals surface area contributed by atoms with Crippen molar-refractivity contribution >= 4 is 11.8 Å². The predicted octanol–water partition coefficient (Wildman–Crippen LogP) is 1.21. The maximum Gasteiger partial charge on any atom is 0.253 e. The van der Waals surface area contributed by atoms with Gasteiger partial charge in [-0.05, 0) is 38.1 Å². The number of rotatable bonds is 3. The predicted molar refractivity (Wildman–Crippen MR) is 82.5 cm³/mol. The number of carbonyl (C=O) groups excluding carboxylic acids is 2. The molecule has 2 amide bonds. The van der Waals surface area contributed by atoms with E-state index in [1.165, 1.54) is 0 Å². The zero-order chi connectivity index (χ0) is 15.2. The summed E-state index contributed by atoms with van der Waals surface area (Å²) in [5.41, 5.74) is 1.16. The van der Waals surface area contributed by atoms with Crippen LogP contribution in [0.4, 0.5) is 0 Å². The minimum Gasteiger partial charge on any atom is -0.342 e. The van der Waals surface area contributed by atoms with Crippen molar-refractivity contribution in [3.05, 3.63) is 35.4 Å². The van der Waals surface area contributed by atoms with Gasteiger partial charge in [0.2, 0.25) is 0 Å². The van der Waals surface area contributed by atoms with Crippen molar-refractivity contribution in [2.24, 2.45) is 0 Å². The molecule has 0 unspecified atom stereocenters. The molecule has 1 aliphatic rings. The molecule has 1 heterocycles. The molecule has 1 aliphatic heterocycles. The standard InChI is InChI=1S/C16H23N3O2/c1-3-18(2)15(20)13-6-4-7-14(12-13)16(21)19-10-5-8-17-9-11-19/h4,6-7,12,17H,3,5,8-11H2,1-2H3. The summed E-state index contributed by atoms with van der Waals surface area (Å²) >= 11 is 0. The van der Waals surface area contributed by atoms with Gasteiger partial charge in [0.1, 0.15) is 0 Å². The molecule has 0 bridgehead atoms. The van der Waals surface area contributed by atoms with E-state index in [-0.39, 0.29) is 11.8 Å². The quantitative estimate of drug-likeness (QED) is 0.910. The van der Waals surface area contributed by atoms with Crippen LogP contribution in [0.15, 0.2) is 24.3 Å². The molecular formula is C16H23N3O2. The fourth-order valence-electron chi connectivity index (χ4n) is 2.38. The van der Waals surface area contributed by atoms with Gasteiger partial charge in [-0.1, -0.05) is 6.07 Å². The van der Waals surface area contributed by atoms with E-state index in [1.807, 2.05) is 11.8 Å². The Morgan fingerprint density at radius 3 is 2.76 bits per heavy atom. The summed E-state index contributed by atoms with van der Waals surface area (Å²) in [6, 6.07) is 7.02. The third kappa shape index (κ3) is 3.82. The zero-order valence-corrected chi connectivity index (χ0v) is 12.8. The van der Waals surface area contributed by atoms with Crippen LogP contribution in [0.3, 0.4) is 0 Å². The summed E-state index contributed by atoms with van der Waals surface area (Å²) in [7, 11) is 1.76. The highest BCUT2D eigenvalue weighted by atomic mass is 16.2. The van der Waals surface area contributed by atoms with E-state index in [0.717, 1.165) is 26.1 Å². The highest BCUT2D eigenvalue weighted by molar-refractivity contribution is 5.99. The maximum atomic E-state index is 12.5. The first-order chi connectivity index (χ1) is 10.1. The van der Waals surface area contributed by atoms with Gasteiger partial charge in [0, 0.05) is 44.4 Å². The fourth-order valence-corrected chi connectivity index (χ4v) is 2.38. The molecule has 0 aliphatic carbocycles. The minimum atomic E-state index is -0.0512. The molecule has 21 heavy (non-hydrogen) atoms. The van der Waals surface area contributed by atoms with Gasteiger partial charge >= 0.3 is 0 Å². The molecule has 0 spiro atoms. The fraction of sp³-hybridized carbons (Fsp3) is 0.500. The molecule has 1 fully saturated rings. The van der Waals surface area contributed by atoms with Gasteiger partial charge < -0.3 is 15.1 Å². The lowest BCUT2D eigenvalue weighted by Crippen LogP contribution is -2.34. The maximum absolute atomic E-state index is 12.5. The van der Waals surface area contributed by atoms with E-state index in [1.54, 1.807) is 36.2 Å². The van der Waals surface area contributed by atoms with Gasteiger partial charge in [0.25, 0.3) is 11.8 Å². The lowest BCUT2D eigenvalue weighted by Gasteiger charge is -2.20. The number of amides is 2. The Morgan fingerprint density at radius 2 is 2.00 bits per heavy atom. The summed E-state index contributed by atoms with van der Waals surface area (Å²) in [4.78, 5) is 28.2. The molecule has 1 saturated heterocycles. The van der Waals surface area contributed by atoms with Crippen LogP contribution >= 0.6 is 0 Å². The lowest BCUT2D eigenvalue weighted by molar-refractivity contribution is 0.0766. The Kier molecular flexibility index (Phi) is 5.33. The number of carbonyl (C=O) groups is 2. The molecule has 0 atom stereocenters. The van der Waals surface area contributed by atoms with Crippen molar-refractivity contribution in [1.29, 1.82) is 0 Å². The first kappa shape index (κ1) is 15.5. The summed E-state index contributed by atoms with van der Waals surface area (Å²) in [6.45, 7) is 5.82. The van der Waals surface area contributed by atoms with Crippen LogP contribution in [-0.2, 0) is 0 Å². The topological polar surface area (TPSA) is 52.7 Å². The monoisotopic (exact) mass is 289 g/mol. The largest absolute Gasteiger partial charge is 0.342 e. The van der Waals surface area contributed by atoms with Gasteiger partial charge in [-0.15, -0.1) is 0 Å². The Labute approximate surface area is 125 Å². The molecule has 2 rings (SSSR count).